The maximum atomic E-state index is 13.0. The molecular weight excluding hydrogens is 1280 g/mol. The number of hydrogen-bond donors (Lipinski definition) is 6. The SMILES string of the molecule is CCS(=O)(=O)Nc1ccc(C(=O)Nc2nc(C)nc(-c3ccccn3)n2)cc1.Cc1nc(NC(=O)c2ccc(NS(=O)(=O)/C=C/c3ccccc3)cc2)nc(-c2ccccn2)n1.Cc1nc(NC(=O)c2ccc(NS(=O)(=O)c3ccc(F)cc3)cc2)nc(-c2ccccn2)n1. The Balaban J connectivity index is 0.000000168. The number of pyridine rings is 3. The number of halogens is 1. The molecule has 31 heteroatoms. The minimum Gasteiger partial charge on any atom is -0.290 e. The van der Waals surface area contributed by atoms with Crippen molar-refractivity contribution in [1.29, 1.82) is 0 Å². The predicted octanol–water partition coefficient (Wildman–Crippen LogP) is 9.60. The Kier molecular flexibility index (Phi) is 21.8. The quantitative estimate of drug-likeness (QED) is 0.0438. The molecule has 3 amide bonds. The van der Waals surface area contributed by atoms with Crippen molar-refractivity contribution in [1.82, 2.24) is 59.8 Å². The van der Waals surface area contributed by atoms with Gasteiger partial charge in [0.05, 0.1) is 16.1 Å². The molecule has 6 aromatic heterocycles. The molecule has 11 aromatic rings. The molecule has 0 aliphatic carbocycles. The van der Waals surface area contributed by atoms with Gasteiger partial charge in [-0.1, -0.05) is 48.5 Å². The lowest BCUT2D eigenvalue weighted by Crippen LogP contribution is -2.16. The molecule has 0 saturated heterocycles. The fourth-order valence-corrected chi connectivity index (χ4v) is 10.6. The summed E-state index contributed by atoms with van der Waals surface area (Å²) >= 11 is 0. The lowest BCUT2D eigenvalue weighted by Gasteiger charge is -2.09. The number of nitrogens with one attached hydrogen (secondary N) is 6. The van der Waals surface area contributed by atoms with Gasteiger partial charge in [-0.25, -0.2) is 44.6 Å². The largest absolute Gasteiger partial charge is 0.290 e. The summed E-state index contributed by atoms with van der Waals surface area (Å²) in [6.07, 6.45) is 6.36. The second-order valence-electron chi connectivity index (χ2n) is 19.8. The van der Waals surface area contributed by atoms with Crippen molar-refractivity contribution in [3.05, 3.63) is 252 Å². The lowest BCUT2D eigenvalue weighted by molar-refractivity contribution is 0.101. The monoisotopic (exact) mass is 1330 g/mol. The van der Waals surface area contributed by atoms with Crippen molar-refractivity contribution >= 4 is 88.8 Å². The van der Waals surface area contributed by atoms with E-state index in [0.29, 0.717) is 74.5 Å². The number of carbonyl (C=O) groups excluding carboxylic acids is 3. The van der Waals surface area contributed by atoms with Gasteiger partial charge >= 0.3 is 0 Å². The zero-order valence-electron chi connectivity index (χ0n) is 50.6. The Morgan fingerprint density at radius 2 is 0.768 bits per heavy atom. The van der Waals surface area contributed by atoms with Crippen molar-refractivity contribution in [2.45, 2.75) is 32.6 Å². The highest BCUT2D eigenvalue weighted by Gasteiger charge is 2.19. The molecule has 11 rings (SSSR count). The van der Waals surface area contributed by atoms with E-state index in [1.165, 1.54) is 78.9 Å². The van der Waals surface area contributed by atoms with Crippen LogP contribution in [0, 0.1) is 26.6 Å². The number of nitrogens with zero attached hydrogens (tertiary/aromatic N) is 12. The summed E-state index contributed by atoms with van der Waals surface area (Å²) in [5.74, 6) is 0.627. The van der Waals surface area contributed by atoms with Gasteiger partial charge in [0.15, 0.2) is 17.5 Å². The van der Waals surface area contributed by atoms with Crippen LogP contribution in [0.4, 0.5) is 39.3 Å². The van der Waals surface area contributed by atoms with Crippen LogP contribution in [0.5, 0.6) is 0 Å². The van der Waals surface area contributed by atoms with Crippen LogP contribution in [0.3, 0.4) is 0 Å². The molecule has 0 bridgehead atoms. The van der Waals surface area contributed by atoms with Crippen LogP contribution in [0.15, 0.2) is 211 Å². The summed E-state index contributed by atoms with van der Waals surface area (Å²) in [7, 11) is -11.0. The minimum absolute atomic E-state index is 0.0351. The van der Waals surface area contributed by atoms with Crippen molar-refractivity contribution in [3.8, 4) is 34.6 Å². The third kappa shape index (κ3) is 20.0. The smallest absolute Gasteiger partial charge is 0.261 e. The van der Waals surface area contributed by atoms with E-state index in [2.05, 4.69) is 89.9 Å². The Labute approximate surface area is 544 Å². The Hall–Kier alpha value is -12.1. The van der Waals surface area contributed by atoms with E-state index in [4.69, 9.17) is 0 Å². The maximum Gasteiger partial charge on any atom is 0.261 e. The molecule has 0 aliphatic rings. The van der Waals surface area contributed by atoms with Gasteiger partial charge in [0.2, 0.25) is 27.9 Å². The van der Waals surface area contributed by atoms with Crippen molar-refractivity contribution in [3.63, 3.8) is 0 Å². The highest BCUT2D eigenvalue weighted by atomic mass is 32.2. The van der Waals surface area contributed by atoms with E-state index in [1.54, 1.807) is 101 Å². The number of sulfonamides is 3. The van der Waals surface area contributed by atoms with Crippen LogP contribution in [0.1, 0.15) is 61.0 Å². The zero-order valence-corrected chi connectivity index (χ0v) is 53.0. The first-order chi connectivity index (χ1) is 45.5. The van der Waals surface area contributed by atoms with Gasteiger partial charge in [-0.15, -0.1) is 0 Å². The van der Waals surface area contributed by atoms with Gasteiger partial charge in [0, 0.05) is 52.3 Å². The average Bonchev–Trinajstić information content (AvgIpc) is 0.973. The van der Waals surface area contributed by atoms with E-state index in [0.717, 1.165) is 35.2 Å². The summed E-state index contributed by atoms with van der Waals surface area (Å²) in [5, 5.41) is 8.95. The van der Waals surface area contributed by atoms with Gasteiger partial charge in [0.1, 0.15) is 40.4 Å². The van der Waals surface area contributed by atoms with Gasteiger partial charge < -0.3 is 0 Å². The molecule has 5 aromatic carbocycles. The van der Waals surface area contributed by atoms with Gasteiger partial charge in [-0.2, -0.15) is 29.9 Å². The van der Waals surface area contributed by atoms with Gasteiger partial charge in [-0.3, -0.25) is 59.5 Å². The van der Waals surface area contributed by atoms with Crippen LogP contribution in [0.2, 0.25) is 0 Å². The van der Waals surface area contributed by atoms with E-state index >= 15 is 0 Å². The third-order valence-corrected chi connectivity index (χ3v) is 16.3. The molecule has 27 nitrogen and oxygen atoms in total. The Morgan fingerprint density at radius 3 is 1.13 bits per heavy atom. The molecule has 0 aliphatic heterocycles. The van der Waals surface area contributed by atoms with Crippen LogP contribution in [-0.2, 0) is 30.1 Å². The average molecular weight is 1340 g/mol. The fourth-order valence-electron chi connectivity index (χ4n) is 8.04. The van der Waals surface area contributed by atoms with Crippen molar-refractivity contribution < 1.29 is 44.0 Å². The van der Waals surface area contributed by atoms with Crippen LogP contribution >= 0.6 is 0 Å². The molecule has 0 saturated carbocycles. The molecule has 6 heterocycles. The van der Waals surface area contributed by atoms with Crippen LogP contribution < -0.4 is 30.1 Å². The molecule has 0 radical (unpaired) electrons. The first kappa shape index (κ1) is 67.3. The van der Waals surface area contributed by atoms with E-state index in [9.17, 15) is 44.0 Å². The van der Waals surface area contributed by atoms with E-state index in [1.807, 2.05) is 30.3 Å². The van der Waals surface area contributed by atoms with E-state index < -0.39 is 53.6 Å². The van der Waals surface area contributed by atoms with Crippen molar-refractivity contribution in [2.24, 2.45) is 0 Å². The minimum atomic E-state index is -3.90. The number of hydrogen-bond acceptors (Lipinski definition) is 21. The predicted molar refractivity (Wildman–Crippen MR) is 355 cm³/mol. The van der Waals surface area contributed by atoms with Crippen LogP contribution in [0.25, 0.3) is 40.6 Å². The molecule has 6 N–H and O–H groups in total. The second-order valence-corrected chi connectivity index (χ2v) is 25.0. The Bertz CT molecular complexity index is 4890. The number of aromatic nitrogens is 12. The first-order valence-electron chi connectivity index (χ1n) is 28.3. The number of benzene rings is 5. The molecule has 0 unspecified atom stereocenters. The topological polar surface area (TPSA) is 380 Å². The van der Waals surface area contributed by atoms with E-state index in [-0.39, 0.29) is 39.7 Å². The second kappa shape index (κ2) is 30.8. The summed E-state index contributed by atoms with van der Waals surface area (Å²) < 4.78 is 92.9. The molecular formula is C64H55FN18O9S3. The molecule has 480 valence electrons. The third-order valence-electron chi connectivity index (χ3n) is 12.6. The summed E-state index contributed by atoms with van der Waals surface area (Å²) in [5.41, 5.74) is 4.27. The number of carbonyl (C=O) groups is 3. The summed E-state index contributed by atoms with van der Waals surface area (Å²) in [6, 6.07) is 47.4. The van der Waals surface area contributed by atoms with Gasteiger partial charge in [-0.05, 0) is 173 Å². The number of amides is 3. The standard InChI is InChI=1S/C24H20N6O3S.C22H17FN6O3S.C18H18N6O3S/c1-17-26-22(21-9-5-6-15-25-21)28-24(27-17)29-23(31)19-10-12-20(13-11-19)30-34(32,33)16-14-18-7-3-2-4-8-18;1-14-25-20(19-4-2-3-13-24-19)27-22(26-14)28-21(30)15-5-9-17(10-6-15)29-33(31,32)18-11-7-16(23)8-12-18;1-3-28(26,27)24-14-9-7-13(8-10-14)17(25)23-18-21-12(2)20-16(22-18)15-6-4-5-11-19-15/h2-16,30H,1H3,(H,26,27,28,29,31);2-13,29H,1H3,(H,25,26,27,28,30);4-11,24H,3H2,1-2H3,(H,20,21,22,23,25)/b16-14+;;. The highest BCUT2D eigenvalue weighted by Crippen LogP contribution is 2.22. The van der Waals surface area contributed by atoms with Crippen LogP contribution in [-0.4, -0.2) is 109 Å². The summed E-state index contributed by atoms with van der Waals surface area (Å²) in [6.45, 7) is 6.60. The normalized spacial score (nSPS) is 11.2. The zero-order chi connectivity index (χ0) is 67.5. The van der Waals surface area contributed by atoms with Crippen molar-refractivity contribution in [2.75, 3.05) is 35.9 Å². The number of anilines is 6. The first-order valence-corrected chi connectivity index (χ1v) is 32.9. The maximum absolute atomic E-state index is 13.0. The molecule has 0 spiro atoms. The molecule has 95 heavy (non-hydrogen) atoms. The number of aryl methyl sites for hydroxylation is 3. The Morgan fingerprint density at radius 1 is 0.411 bits per heavy atom. The lowest BCUT2D eigenvalue weighted by atomic mass is 10.2. The summed E-state index contributed by atoms with van der Waals surface area (Å²) in [4.78, 5) is 88.1. The molecule has 0 fully saturated rings. The number of rotatable bonds is 19. The fraction of sp³-hybridized carbons (Fsp3) is 0.0781. The molecule has 0 atom stereocenters. The van der Waals surface area contributed by atoms with Gasteiger partial charge in [0.25, 0.3) is 37.8 Å². The highest BCUT2D eigenvalue weighted by molar-refractivity contribution is 7.95.